The Balaban J connectivity index is 3.84. The lowest BCUT2D eigenvalue weighted by molar-refractivity contribution is -0.138. The minimum Gasteiger partial charge on any atom is -0.480 e. The maximum atomic E-state index is 10.1. The summed E-state index contributed by atoms with van der Waals surface area (Å²) in [6.07, 6.45) is -0.284. The summed E-state index contributed by atoms with van der Waals surface area (Å²) in [5, 5.41) is 14.0. The first-order chi connectivity index (χ1) is 4.95. The van der Waals surface area contributed by atoms with Gasteiger partial charge in [0.25, 0.3) is 0 Å². The van der Waals surface area contributed by atoms with Gasteiger partial charge in [-0.05, 0) is 0 Å². The number of halogens is 2. The summed E-state index contributed by atoms with van der Waals surface area (Å²) in [6.45, 7) is 0. The number of hydrogen-bond acceptors (Lipinski definition) is 2. The molecular weight excluding hydrogens is 195 g/mol. The van der Waals surface area contributed by atoms with Gasteiger partial charge in [0.15, 0.2) is 0 Å². The highest BCUT2D eigenvalue weighted by atomic mass is 35.5. The number of alkyl halides is 2. The Kier molecular flexibility index (Phi) is 4.22. The van der Waals surface area contributed by atoms with Crippen LogP contribution in [0.2, 0.25) is 0 Å². The number of carbonyl (C=O) groups is 2. The monoisotopic (exact) mass is 200 g/mol. The smallest absolute Gasteiger partial charge is 0.321 e. The van der Waals surface area contributed by atoms with E-state index in [1.807, 2.05) is 0 Å². The minimum atomic E-state index is -1.27. The maximum Gasteiger partial charge on any atom is 0.321 e. The highest BCUT2D eigenvalue weighted by molar-refractivity contribution is 6.33. The standard InChI is InChI=1S/C5H6Cl2O4/c6-2(4(8)9)1-3(7)5(10)11/h2-3H,1H2,(H,8,9)(H,10,11). The van der Waals surface area contributed by atoms with E-state index in [4.69, 9.17) is 33.4 Å². The average molecular weight is 201 g/mol. The lowest BCUT2D eigenvalue weighted by atomic mass is 10.2. The topological polar surface area (TPSA) is 74.6 Å². The van der Waals surface area contributed by atoms with Gasteiger partial charge in [0, 0.05) is 6.42 Å². The second-order valence-electron chi connectivity index (χ2n) is 1.85. The molecule has 0 heterocycles. The van der Waals surface area contributed by atoms with E-state index in [9.17, 15) is 9.59 Å². The molecule has 0 saturated carbocycles. The molecule has 0 spiro atoms. The van der Waals surface area contributed by atoms with Gasteiger partial charge in [0.05, 0.1) is 0 Å². The van der Waals surface area contributed by atoms with E-state index in [1.165, 1.54) is 0 Å². The molecule has 0 aliphatic carbocycles. The van der Waals surface area contributed by atoms with Crippen LogP contribution in [-0.4, -0.2) is 32.9 Å². The van der Waals surface area contributed by atoms with Crippen molar-refractivity contribution in [3.05, 3.63) is 0 Å². The van der Waals surface area contributed by atoms with E-state index in [-0.39, 0.29) is 6.42 Å². The Hall–Kier alpha value is -0.480. The molecule has 0 fully saturated rings. The zero-order chi connectivity index (χ0) is 9.02. The summed E-state index contributed by atoms with van der Waals surface area (Å²) in [4.78, 5) is 20.1. The maximum absolute atomic E-state index is 10.1. The Labute approximate surface area is 72.7 Å². The van der Waals surface area contributed by atoms with Crippen LogP contribution >= 0.6 is 23.2 Å². The quantitative estimate of drug-likeness (QED) is 0.658. The number of carboxylic acid groups (broad SMARTS) is 2. The molecule has 0 rings (SSSR count). The van der Waals surface area contributed by atoms with Crippen molar-refractivity contribution in [3.8, 4) is 0 Å². The fraction of sp³-hybridized carbons (Fsp3) is 0.600. The summed E-state index contributed by atoms with van der Waals surface area (Å²) in [7, 11) is 0. The second kappa shape index (κ2) is 4.41. The van der Waals surface area contributed by atoms with Gasteiger partial charge in [-0.1, -0.05) is 0 Å². The molecule has 0 radical (unpaired) electrons. The molecule has 0 amide bonds. The Morgan fingerprint density at radius 2 is 1.36 bits per heavy atom. The van der Waals surface area contributed by atoms with Gasteiger partial charge in [-0.25, -0.2) is 0 Å². The molecule has 2 N–H and O–H groups in total. The van der Waals surface area contributed by atoms with Crippen LogP contribution < -0.4 is 0 Å². The predicted octanol–water partition coefficient (Wildman–Crippen LogP) is 0.760. The molecule has 4 nitrogen and oxygen atoms in total. The van der Waals surface area contributed by atoms with Crippen molar-refractivity contribution in [2.45, 2.75) is 17.2 Å². The fourth-order valence-electron chi connectivity index (χ4n) is 0.383. The van der Waals surface area contributed by atoms with E-state index in [1.54, 1.807) is 0 Å². The largest absolute Gasteiger partial charge is 0.480 e. The van der Waals surface area contributed by atoms with Crippen LogP contribution in [0.3, 0.4) is 0 Å². The van der Waals surface area contributed by atoms with Gasteiger partial charge in [-0.3, -0.25) is 9.59 Å². The first kappa shape index (κ1) is 10.5. The Morgan fingerprint density at radius 3 is 1.55 bits per heavy atom. The van der Waals surface area contributed by atoms with Crippen molar-refractivity contribution >= 4 is 35.1 Å². The van der Waals surface area contributed by atoms with Gasteiger partial charge in [0.1, 0.15) is 10.8 Å². The van der Waals surface area contributed by atoms with Gasteiger partial charge in [0.2, 0.25) is 0 Å². The average Bonchev–Trinajstić information content (AvgIpc) is 1.87. The van der Waals surface area contributed by atoms with Crippen molar-refractivity contribution in [2.24, 2.45) is 0 Å². The molecule has 0 aliphatic heterocycles. The van der Waals surface area contributed by atoms with Crippen LogP contribution in [0.15, 0.2) is 0 Å². The van der Waals surface area contributed by atoms with Crippen LogP contribution in [0.5, 0.6) is 0 Å². The molecule has 0 saturated heterocycles. The van der Waals surface area contributed by atoms with E-state index in [0.29, 0.717) is 0 Å². The van der Waals surface area contributed by atoms with Crippen LogP contribution in [0, 0.1) is 0 Å². The summed E-state index contributed by atoms with van der Waals surface area (Å²) in [5.41, 5.74) is 0. The van der Waals surface area contributed by atoms with Crippen LogP contribution in [-0.2, 0) is 9.59 Å². The molecule has 2 atom stereocenters. The molecule has 2 unspecified atom stereocenters. The first-order valence-corrected chi connectivity index (χ1v) is 3.56. The molecule has 0 aliphatic rings. The molecule has 0 bridgehead atoms. The third kappa shape index (κ3) is 4.06. The van der Waals surface area contributed by atoms with E-state index >= 15 is 0 Å². The van der Waals surface area contributed by atoms with Crippen LogP contribution in [0.1, 0.15) is 6.42 Å². The summed E-state index contributed by atoms with van der Waals surface area (Å²) in [6, 6.07) is 0. The highest BCUT2D eigenvalue weighted by Crippen LogP contribution is 2.11. The predicted molar refractivity (Wildman–Crippen MR) is 39.2 cm³/mol. The second-order valence-corrected chi connectivity index (χ2v) is 2.90. The number of hydrogen-bond donors (Lipinski definition) is 2. The van der Waals surface area contributed by atoms with Crippen molar-refractivity contribution in [1.82, 2.24) is 0 Å². The molecular formula is C5H6Cl2O4. The number of carboxylic acids is 2. The van der Waals surface area contributed by atoms with Crippen molar-refractivity contribution in [3.63, 3.8) is 0 Å². The molecule has 0 aromatic heterocycles. The third-order valence-electron chi connectivity index (χ3n) is 0.950. The summed E-state index contributed by atoms with van der Waals surface area (Å²) < 4.78 is 0. The van der Waals surface area contributed by atoms with Crippen LogP contribution in [0.25, 0.3) is 0 Å². The normalized spacial score (nSPS) is 15.5. The van der Waals surface area contributed by atoms with Crippen LogP contribution in [0.4, 0.5) is 0 Å². The number of rotatable bonds is 4. The van der Waals surface area contributed by atoms with E-state index in [0.717, 1.165) is 0 Å². The van der Waals surface area contributed by atoms with Gasteiger partial charge in [-0.2, -0.15) is 0 Å². The van der Waals surface area contributed by atoms with Gasteiger partial charge >= 0.3 is 11.9 Å². The SMILES string of the molecule is O=C(O)C(Cl)CC(Cl)C(=O)O. The Morgan fingerprint density at radius 1 is 1.09 bits per heavy atom. The molecule has 64 valence electrons. The zero-order valence-corrected chi connectivity index (χ0v) is 6.84. The molecule has 0 aromatic carbocycles. The van der Waals surface area contributed by atoms with Crippen molar-refractivity contribution < 1.29 is 19.8 Å². The van der Waals surface area contributed by atoms with Gasteiger partial charge in [-0.15, -0.1) is 23.2 Å². The fourth-order valence-corrected chi connectivity index (χ4v) is 0.831. The first-order valence-electron chi connectivity index (χ1n) is 2.69. The minimum absolute atomic E-state index is 0.284. The summed E-state index contributed by atoms with van der Waals surface area (Å²) >= 11 is 10.4. The molecule has 0 aromatic rings. The molecule has 11 heavy (non-hydrogen) atoms. The number of aliphatic carboxylic acids is 2. The van der Waals surface area contributed by atoms with E-state index < -0.39 is 22.7 Å². The van der Waals surface area contributed by atoms with E-state index in [2.05, 4.69) is 0 Å². The zero-order valence-electron chi connectivity index (χ0n) is 5.33. The lowest BCUT2D eigenvalue weighted by Crippen LogP contribution is -2.23. The highest BCUT2D eigenvalue weighted by Gasteiger charge is 2.22. The lowest BCUT2D eigenvalue weighted by Gasteiger charge is -2.05. The van der Waals surface area contributed by atoms with Crippen molar-refractivity contribution in [1.29, 1.82) is 0 Å². The summed E-state index contributed by atoms with van der Waals surface area (Å²) in [5.74, 6) is -2.53. The van der Waals surface area contributed by atoms with Gasteiger partial charge < -0.3 is 10.2 Å². The molecule has 6 heteroatoms. The third-order valence-corrected chi connectivity index (χ3v) is 1.68. The Bertz CT molecular complexity index is 152. The van der Waals surface area contributed by atoms with Crippen molar-refractivity contribution in [2.75, 3.05) is 0 Å².